The van der Waals surface area contributed by atoms with E-state index >= 15 is 0 Å². The van der Waals surface area contributed by atoms with Crippen LogP contribution in [-0.4, -0.2) is 8.80 Å². The third kappa shape index (κ3) is 2.19. The Morgan fingerprint density at radius 3 is 1.40 bits per heavy atom. The topological polar surface area (TPSA) is 0 Å². The quantitative estimate of drug-likeness (QED) is 0.322. The smallest absolute Gasteiger partial charge is 0.200 e. The molecule has 1 aromatic rings. The maximum absolute atomic E-state index is 13.1. The Bertz CT molecular complexity index is 360. The lowest BCUT2D eigenvalue weighted by Crippen LogP contribution is -2.13. The van der Waals surface area contributed by atoms with Crippen LogP contribution in [0.1, 0.15) is 5.56 Å². The summed E-state index contributed by atoms with van der Waals surface area (Å²) in [6.07, 6.45) is 0. The molecule has 1 aromatic carbocycles. The summed E-state index contributed by atoms with van der Waals surface area (Å²) in [5.74, 6) is -9.26. The molecule has 0 atom stereocenters. The maximum atomic E-state index is 13.1. The summed E-state index contributed by atoms with van der Waals surface area (Å²) >= 11 is 0. The fourth-order valence-corrected chi connectivity index (χ4v) is 2.18. The third-order valence-electron chi connectivity index (χ3n) is 1.83. The minimum absolute atomic E-state index is 0.0869. The second-order valence-electron chi connectivity index (χ2n) is 3.43. The summed E-state index contributed by atoms with van der Waals surface area (Å²) in [7, 11) is -1.11. The number of hydrogen-bond acceptors (Lipinski definition) is 0. The highest BCUT2D eigenvalue weighted by Gasteiger charge is 2.25. The predicted octanol–water partition coefficient (Wildman–Crippen LogP) is 3.22. The van der Waals surface area contributed by atoms with Crippen LogP contribution in [0.15, 0.2) is 0 Å². The molecule has 1 radical (unpaired) electrons. The second kappa shape index (κ2) is 4.30. The van der Waals surface area contributed by atoms with Crippen LogP contribution in [0.4, 0.5) is 22.0 Å². The van der Waals surface area contributed by atoms with Gasteiger partial charge in [0.1, 0.15) is 0 Å². The average Bonchev–Trinajstić information content (AvgIpc) is 2.18. The Morgan fingerprint density at radius 1 is 0.733 bits per heavy atom. The van der Waals surface area contributed by atoms with Crippen LogP contribution in [0.2, 0.25) is 13.1 Å². The van der Waals surface area contributed by atoms with E-state index in [0.717, 1.165) is 0 Å². The molecule has 6 heteroatoms. The first-order valence-corrected chi connectivity index (χ1v) is 6.86. The molecule has 0 aliphatic heterocycles. The molecule has 0 bridgehead atoms. The van der Waals surface area contributed by atoms with E-state index in [0.29, 0.717) is 0 Å². The van der Waals surface area contributed by atoms with E-state index in [9.17, 15) is 22.0 Å². The Balaban J connectivity index is 3.39. The van der Waals surface area contributed by atoms with Gasteiger partial charge in [0.15, 0.2) is 23.3 Å². The van der Waals surface area contributed by atoms with Gasteiger partial charge in [-0.15, -0.1) is 0 Å². The van der Waals surface area contributed by atoms with Crippen molar-refractivity contribution in [3.63, 3.8) is 0 Å². The number of rotatable bonds is 2. The SMILES string of the molecule is C[Si](C)Cc1c(F)c(F)c(F)c(F)c1F. The maximum Gasteiger partial charge on any atom is 0.200 e. The van der Waals surface area contributed by atoms with Crippen molar-refractivity contribution in [2.75, 3.05) is 0 Å². The van der Waals surface area contributed by atoms with E-state index in [-0.39, 0.29) is 6.04 Å². The van der Waals surface area contributed by atoms with Gasteiger partial charge in [-0.25, -0.2) is 22.0 Å². The highest BCUT2D eigenvalue weighted by molar-refractivity contribution is 6.55. The molecule has 0 saturated heterocycles. The van der Waals surface area contributed by atoms with Gasteiger partial charge in [0.05, 0.1) is 0 Å². The summed E-state index contributed by atoms with van der Waals surface area (Å²) in [5.41, 5.74) is -0.703. The number of halogens is 5. The van der Waals surface area contributed by atoms with Crippen molar-refractivity contribution in [1.29, 1.82) is 0 Å². The normalized spacial score (nSPS) is 11.2. The largest absolute Gasteiger partial charge is 0.203 e. The monoisotopic (exact) mass is 239 g/mol. The van der Waals surface area contributed by atoms with Crippen LogP contribution in [0, 0.1) is 29.1 Å². The summed E-state index contributed by atoms with van der Waals surface area (Å²) < 4.78 is 64.1. The third-order valence-corrected chi connectivity index (χ3v) is 2.89. The van der Waals surface area contributed by atoms with Crippen molar-refractivity contribution in [3.05, 3.63) is 34.6 Å². The molecule has 0 unspecified atom stereocenters. The van der Waals surface area contributed by atoms with Crippen molar-refractivity contribution in [3.8, 4) is 0 Å². The van der Waals surface area contributed by atoms with Gasteiger partial charge in [-0.1, -0.05) is 13.1 Å². The first-order valence-electron chi connectivity index (χ1n) is 4.15. The highest BCUT2D eigenvalue weighted by Crippen LogP contribution is 2.23. The van der Waals surface area contributed by atoms with Crippen molar-refractivity contribution in [2.24, 2.45) is 0 Å². The molecule has 0 saturated carbocycles. The van der Waals surface area contributed by atoms with E-state index in [4.69, 9.17) is 0 Å². The molecule has 0 aromatic heterocycles. The summed E-state index contributed by atoms with van der Waals surface area (Å²) in [6, 6.07) is -0.0869. The van der Waals surface area contributed by atoms with Crippen LogP contribution in [0.5, 0.6) is 0 Å². The summed E-state index contributed by atoms with van der Waals surface area (Å²) in [5, 5.41) is 0. The van der Waals surface area contributed by atoms with E-state index < -0.39 is 43.4 Å². The first kappa shape index (κ1) is 12.2. The summed E-state index contributed by atoms with van der Waals surface area (Å²) in [4.78, 5) is 0. The minimum Gasteiger partial charge on any atom is -0.203 e. The predicted molar refractivity (Wildman–Crippen MR) is 47.4 cm³/mol. The molecule has 0 heterocycles. The van der Waals surface area contributed by atoms with Crippen molar-refractivity contribution in [2.45, 2.75) is 19.1 Å². The van der Waals surface area contributed by atoms with Gasteiger partial charge in [-0.05, 0) is 6.04 Å². The molecule has 0 nitrogen and oxygen atoms in total. The van der Waals surface area contributed by atoms with Crippen LogP contribution in [0.3, 0.4) is 0 Å². The number of hydrogen-bond donors (Lipinski definition) is 0. The van der Waals surface area contributed by atoms with Crippen LogP contribution in [-0.2, 0) is 6.04 Å². The molecule has 83 valence electrons. The number of benzene rings is 1. The van der Waals surface area contributed by atoms with Gasteiger partial charge in [0, 0.05) is 14.4 Å². The van der Waals surface area contributed by atoms with Gasteiger partial charge >= 0.3 is 0 Å². The fourth-order valence-electron chi connectivity index (χ4n) is 1.16. The van der Waals surface area contributed by atoms with Gasteiger partial charge < -0.3 is 0 Å². The van der Waals surface area contributed by atoms with E-state index in [2.05, 4.69) is 0 Å². The zero-order valence-corrected chi connectivity index (χ0v) is 9.10. The van der Waals surface area contributed by atoms with Crippen LogP contribution in [0.25, 0.3) is 0 Å². The molecule has 0 fully saturated rings. The minimum atomic E-state index is -2.10. The van der Waals surface area contributed by atoms with Gasteiger partial charge in [0.25, 0.3) is 0 Å². The molecule has 1 rings (SSSR count). The zero-order valence-electron chi connectivity index (χ0n) is 8.10. The Hall–Kier alpha value is -0.913. The van der Waals surface area contributed by atoms with E-state index in [1.165, 1.54) is 0 Å². The lowest BCUT2D eigenvalue weighted by atomic mass is 10.2. The Labute approximate surface area is 85.3 Å². The molecular weight excluding hydrogens is 231 g/mol. The van der Waals surface area contributed by atoms with Crippen LogP contribution >= 0.6 is 0 Å². The molecule has 15 heavy (non-hydrogen) atoms. The van der Waals surface area contributed by atoms with Gasteiger partial charge in [-0.2, -0.15) is 0 Å². The van der Waals surface area contributed by atoms with E-state index in [1.54, 1.807) is 13.1 Å². The second-order valence-corrected chi connectivity index (χ2v) is 6.20. The zero-order chi connectivity index (χ0) is 11.7. The van der Waals surface area contributed by atoms with Crippen molar-refractivity contribution < 1.29 is 22.0 Å². The Kier molecular flexibility index (Phi) is 3.49. The lowest BCUT2D eigenvalue weighted by molar-refractivity contribution is 0.372. The molecule has 0 aliphatic carbocycles. The molecule has 0 amide bonds. The first-order chi connectivity index (χ1) is 6.86. The van der Waals surface area contributed by atoms with Gasteiger partial charge in [0.2, 0.25) is 5.82 Å². The standard InChI is InChI=1S/C9H8F5Si/c1-15(2)3-4-5(10)7(12)9(14)8(13)6(4)11/h3H2,1-2H3. The van der Waals surface area contributed by atoms with E-state index in [1.807, 2.05) is 0 Å². The molecule has 0 N–H and O–H groups in total. The van der Waals surface area contributed by atoms with Crippen molar-refractivity contribution in [1.82, 2.24) is 0 Å². The van der Waals surface area contributed by atoms with Crippen molar-refractivity contribution >= 4 is 8.80 Å². The molecule has 0 aliphatic rings. The van der Waals surface area contributed by atoms with Gasteiger partial charge in [-0.3, -0.25) is 0 Å². The molecular formula is C9H8F5Si. The Morgan fingerprint density at radius 2 is 1.07 bits per heavy atom. The lowest BCUT2D eigenvalue weighted by Gasteiger charge is -2.09. The fraction of sp³-hybridized carbons (Fsp3) is 0.333. The average molecular weight is 239 g/mol. The van der Waals surface area contributed by atoms with Crippen LogP contribution < -0.4 is 0 Å². The molecule has 0 spiro atoms. The summed E-state index contributed by atoms with van der Waals surface area (Å²) in [6.45, 7) is 3.45. The highest BCUT2D eigenvalue weighted by atomic mass is 28.3.